The molecular formula is C8H12N4O4. The largest absolute Gasteiger partial charge is 0.467 e. The quantitative estimate of drug-likeness (QED) is 0.302. The van der Waals surface area contributed by atoms with E-state index in [0.717, 1.165) is 11.6 Å². The molecule has 0 aromatic heterocycles. The molecule has 0 saturated carbocycles. The minimum atomic E-state index is -0.911. The Labute approximate surface area is 91.6 Å². The molecule has 2 aliphatic rings. The van der Waals surface area contributed by atoms with Gasteiger partial charge in [0.25, 0.3) is 0 Å². The molecule has 2 saturated heterocycles. The third-order valence-electron chi connectivity index (χ3n) is 2.70. The highest BCUT2D eigenvalue weighted by molar-refractivity contribution is 5.74. The number of hydrogen-bond donors (Lipinski definition) is 0. The first-order valence-corrected chi connectivity index (χ1v) is 4.96. The summed E-state index contributed by atoms with van der Waals surface area (Å²) < 4.78 is 4.58. The number of esters is 1. The van der Waals surface area contributed by atoms with E-state index in [1.54, 1.807) is 0 Å². The Morgan fingerprint density at radius 3 is 3.25 bits per heavy atom. The van der Waals surface area contributed by atoms with Crippen molar-refractivity contribution in [3.8, 4) is 0 Å². The Morgan fingerprint density at radius 1 is 1.75 bits per heavy atom. The van der Waals surface area contributed by atoms with Crippen LogP contribution in [0.25, 0.3) is 10.4 Å². The fraction of sp³-hybridized carbons (Fsp3) is 0.875. The lowest BCUT2D eigenvalue weighted by molar-refractivity contribution is -0.401. The highest BCUT2D eigenvalue weighted by Crippen LogP contribution is 2.40. The zero-order valence-electron chi connectivity index (χ0n) is 8.83. The van der Waals surface area contributed by atoms with Gasteiger partial charge in [-0.25, -0.2) is 4.79 Å². The molecule has 0 aliphatic carbocycles. The maximum absolute atomic E-state index is 11.3. The van der Waals surface area contributed by atoms with Crippen molar-refractivity contribution in [2.24, 2.45) is 5.11 Å². The van der Waals surface area contributed by atoms with Gasteiger partial charge in [-0.15, -0.1) is 0 Å². The molecular weight excluding hydrogens is 216 g/mol. The van der Waals surface area contributed by atoms with Crippen LogP contribution < -0.4 is 0 Å². The normalized spacial score (nSPS) is 33.9. The standard InChI is InChI=1S/C8H12N4O4/c1-14-7(13)6-5-8(10-11-9)3-2-4-15-12(8)16-6/h6H,2-5H2,1H3/t6-,8+/m0/s1. The Kier molecular flexibility index (Phi) is 2.97. The number of nitrogens with zero attached hydrogens (tertiary/aromatic N) is 4. The van der Waals surface area contributed by atoms with E-state index in [1.165, 1.54) is 7.11 Å². The van der Waals surface area contributed by atoms with E-state index in [4.69, 9.17) is 15.2 Å². The molecule has 8 nitrogen and oxygen atoms in total. The van der Waals surface area contributed by atoms with Gasteiger partial charge in [0.15, 0.2) is 11.8 Å². The second kappa shape index (κ2) is 4.26. The smallest absolute Gasteiger partial charge is 0.337 e. The van der Waals surface area contributed by atoms with Crippen LogP contribution >= 0.6 is 0 Å². The molecule has 0 unspecified atom stereocenters. The molecule has 0 aromatic carbocycles. The molecule has 0 N–H and O–H groups in total. The average Bonchev–Trinajstić information content (AvgIpc) is 2.67. The molecule has 0 bridgehead atoms. The van der Waals surface area contributed by atoms with Gasteiger partial charge in [0.05, 0.1) is 13.7 Å². The van der Waals surface area contributed by atoms with Gasteiger partial charge in [-0.3, -0.25) is 9.68 Å². The summed E-state index contributed by atoms with van der Waals surface area (Å²) in [6, 6.07) is 0. The van der Waals surface area contributed by atoms with Gasteiger partial charge in [-0.05, 0) is 18.4 Å². The molecule has 16 heavy (non-hydrogen) atoms. The van der Waals surface area contributed by atoms with E-state index < -0.39 is 17.7 Å². The molecule has 2 heterocycles. The van der Waals surface area contributed by atoms with Crippen molar-refractivity contribution < 1.29 is 19.2 Å². The third kappa shape index (κ3) is 1.72. The molecule has 0 aromatic rings. The van der Waals surface area contributed by atoms with Gasteiger partial charge in [0, 0.05) is 11.3 Å². The number of carbonyl (C=O) groups is 1. The van der Waals surface area contributed by atoms with Crippen LogP contribution in [0.1, 0.15) is 19.3 Å². The summed E-state index contributed by atoms with van der Waals surface area (Å²) in [4.78, 5) is 24.6. The number of methoxy groups -OCH3 is 1. The number of hydrogen-bond acceptors (Lipinski definition) is 6. The third-order valence-corrected chi connectivity index (χ3v) is 2.70. The molecule has 2 aliphatic heterocycles. The minimum absolute atomic E-state index is 0.254. The van der Waals surface area contributed by atoms with Crippen LogP contribution in [-0.2, 0) is 19.2 Å². The number of carbonyl (C=O) groups excluding carboxylic acids is 1. The van der Waals surface area contributed by atoms with Crippen LogP contribution in [0.4, 0.5) is 0 Å². The number of azide groups is 1. The molecule has 8 heteroatoms. The van der Waals surface area contributed by atoms with Gasteiger partial charge >= 0.3 is 5.97 Å². The monoisotopic (exact) mass is 228 g/mol. The van der Waals surface area contributed by atoms with Gasteiger partial charge < -0.3 is 4.74 Å². The van der Waals surface area contributed by atoms with Crippen LogP contribution in [0.5, 0.6) is 0 Å². The van der Waals surface area contributed by atoms with Gasteiger partial charge in [0.2, 0.25) is 0 Å². The van der Waals surface area contributed by atoms with Gasteiger partial charge in [-0.1, -0.05) is 10.3 Å². The average molecular weight is 228 g/mol. The summed E-state index contributed by atoms with van der Waals surface area (Å²) in [6.45, 7) is 0.483. The summed E-state index contributed by atoms with van der Waals surface area (Å²) in [6.07, 6.45) is 0.842. The number of fused-ring (bicyclic) bond motifs is 1. The first kappa shape index (κ1) is 11.2. The van der Waals surface area contributed by atoms with Crippen molar-refractivity contribution >= 4 is 5.97 Å². The number of hydroxylamine groups is 2. The molecule has 2 fully saturated rings. The SMILES string of the molecule is COC(=O)[C@@H]1C[C@@]2(N=[N+]=[N-])CCCON2O1. The summed E-state index contributed by atoms with van der Waals surface area (Å²) in [5.41, 5.74) is 7.64. The Bertz CT molecular complexity index is 343. The van der Waals surface area contributed by atoms with Crippen molar-refractivity contribution in [1.82, 2.24) is 5.23 Å². The fourth-order valence-corrected chi connectivity index (χ4v) is 1.94. The topological polar surface area (TPSA) is 96.8 Å². The lowest BCUT2D eigenvalue weighted by Gasteiger charge is -2.34. The van der Waals surface area contributed by atoms with Gasteiger partial charge in [-0.2, -0.15) is 0 Å². The van der Waals surface area contributed by atoms with Crippen molar-refractivity contribution in [2.75, 3.05) is 13.7 Å². The van der Waals surface area contributed by atoms with Crippen LogP contribution in [0.2, 0.25) is 0 Å². The lowest BCUT2D eigenvalue weighted by atomic mass is 9.98. The summed E-state index contributed by atoms with van der Waals surface area (Å²) >= 11 is 0. The molecule has 2 atom stereocenters. The predicted octanol–water partition coefficient (Wildman–Crippen LogP) is 0.897. The molecule has 88 valence electrons. The minimum Gasteiger partial charge on any atom is -0.467 e. The zero-order valence-corrected chi connectivity index (χ0v) is 8.83. The molecule has 2 rings (SSSR count). The number of ether oxygens (including phenoxy) is 1. The van der Waals surface area contributed by atoms with Crippen LogP contribution in [0.3, 0.4) is 0 Å². The van der Waals surface area contributed by atoms with E-state index in [9.17, 15) is 4.79 Å². The Morgan fingerprint density at radius 2 is 2.56 bits per heavy atom. The highest BCUT2D eigenvalue weighted by Gasteiger charge is 2.52. The maximum atomic E-state index is 11.3. The van der Waals surface area contributed by atoms with E-state index in [-0.39, 0.29) is 6.42 Å². The summed E-state index contributed by atoms with van der Waals surface area (Å²) in [5, 5.41) is 4.83. The fourth-order valence-electron chi connectivity index (χ4n) is 1.94. The maximum Gasteiger partial charge on any atom is 0.337 e. The van der Waals surface area contributed by atoms with Crippen molar-refractivity contribution in [3.63, 3.8) is 0 Å². The molecule has 0 radical (unpaired) electrons. The molecule has 0 amide bonds. The second-order valence-corrected chi connectivity index (χ2v) is 3.69. The summed E-state index contributed by atoms with van der Waals surface area (Å²) in [5.74, 6) is -0.495. The molecule has 0 spiro atoms. The lowest BCUT2D eigenvalue weighted by Crippen LogP contribution is -2.44. The van der Waals surface area contributed by atoms with Gasteiger partial charge in [0.1, 0.15) is 0 Å². The van der Waals surface area contributed by atoms with Crippen LogP contribution in [0, 0.1) is 0 Å². The summed E-state index contributed by atoms with van der Waals surface area (Å²) in [7, 11) is 1.28. The van der Waals surface area contributed by atoms with Crippen molar-refractivity contribution in [3.05, 3.63) is 10.4 Å². The zero-order chi connectivity index (χ0) is 11.6. The van der Waals surface area contributed by atoms with Crippen molar-refractivity contribution in [2.45, 2.75) is 31.0 Å². The van der Waals surface area contributed by atoms with E-state index in [0.29, 0.717) is 13.0 Å². The number of rotatable bonds is 2. The van der Waals surface area contributed by atoms with E-state index in [1.807, 2.05) is 0 Å². The van der Waals surface area contributed by atoms with Crippen molar-refractivity contribution in [1.29, 1.82) is 0 Å². The first-order chi connectivity index (χ1) is 7.72. The second-order valence-electron chi connectivity index (χ2n) is 3.69. The predicted molar refractivity (Wildman–Crippen MR) is 50.4 cm³/mol. The van der Waals surface area contributed by atoms with Crippen LogP contribution in [-0.4, -0.2) is 36.7 Å². The van der Waals surface area contributed by atoms with Crippen LogP contribution in [0.15, 0.2) is 5.11 Å². The van der Waals surface area contributed by atoms with E-state index >= 15 is 0 Å². The Balaban J connectivity index is 2.19. The van der Waals surface area contributed by atoms with E-state index in [2.05, 4.69) is 14.8 Å². The first-order valence-electron chi connectivity index (χ1n) is 4.96. The highest BCUT2D eigenvalue weighted by atomic mass is 17.0. The Hall–Kier alpha value is -1.34.